The van der Waals surface area contributed by atoms with E-state index in [4.69, 9.17) is 9.26 Å². The Hall–Kier alpha value is -3.11. The lowest BCUT2D eigenvalue weighted by Crippen LogP contribution is -2.13. The summed E-state index contributed by atoms with van der Waals surface area (Å²) in [6.07, 6.45) is 3.04. The van der Waals surface area contributed by atoms with Crippen molar-refractivity contribution in [3.8, 4) is 5.75 Å². The highest BCUT2D eigenvalue weighted by atomic mass is 79.9. The topological polar surface area (TPSA) is 111 Å². The molecule has 0 aliphatic heterocycles. The summed E-state index contributed by atoms with van der Waals surface area (Å²) in [4.78, 5) is 12.2. The second kappa shape index (κ2) is 9.36. The van der Waals surface area contributed by atoms with Crippen molar-refractivity contribution in [1.82, 2.24) is 5.16 Å². The third-order valence-corrected chi connectivity index (χ3v) is 6.39. The van der Waals surface area contributed by atoms with Crippen LogP contribution in [0.4, 0.5) is 11.6 Å². The van der Waals surface area contributed by atoms with E-state index in [0.29, 0.717) is 22.7 Å². The minimum Gasteiger partial charge on any atom is -0.496 e. The highest BCUT2D eigenvalue weighted by molar-refractivity contribution is 9.10. The van der Waals surface area contributed by atoms with Gasteiger partial charge in [0.1, 0.15) is 5.75 Å². The SMILES string of the molecule is COc1ccc(/C=C/C(=O)Nc2ccc(S(=O)(=O)Nc3onc(C)c3C)cc2)cc1Br. The van der Waals surface area contributed by atoms with E-state index in [-0.39, 0.29) is 16.7 Å². The van der Waals surface area contributed by atoms with Gasteiger partial charge in [0.25, 0.3) is 10.0 Å². The predicted octanol–water partition coefficient (Wildman–Crippen LogP) is 4.52. The number of hydrogen-bond donors (Lipinski definition) is 2. The monoisotopic (exact) mass is 505 g/mol. The molecule has 10 heteroatoms. The normalized spacial score (nSPS) is 11.5. The maximum atomic E-state index is 12.5. The molecule has 2 N–H and O–H groups in total. The minimum atomic E-state index is -3.85. The number of ether oxygens (including phenoxy) is 1. The van der Waals surface area contributed by atoms with Gasteiger partial charge in [0.2, 0.25) is 11.8 Å². The number of halogens is 1. The molecule has 3 rings (SSSR count). The fourth-order valence-electron chi connectivity index (χ4n) is 2.55. The second-order valence-electron chi connectivity index (χ2n) is 6.57. The van der Waals surface area contributed by atoms with E-state index in [1.54, 1.807) is 33.1 Å². The molecule has 1 heterocycles. The quantitative estimate of drug-likeness (QED) is 0.456. The minimum absolute atomic E-state index is 0.0255. The van der Waals surface area contributed by atoms with E-state index in [1.165, 1.54) is 30.3 Å². The zero-order valence-corrected chi connectivity index (χ0v) is 19.4. The van der Waals surface area contributed by atoms with E-state index < -0.39 is 10.0 Å². The van der Waals surface area contributed by atoms with Gasteiger partial charge >= 0.3 is 0 Å². The van der Waals surface area contributed by atoms with Crippen LogP contribution < -0.4 is 14.8 Å². The Labute approximate surface area is 188 Å². The molecule has 0 fully saturated rings. The van der Waals surface area contributed by atoms with Gasteiger partial charge in [-0.1, -0.05) is 11.2 Å². The second-order valence-corrected chi connectivity index (χ2v) is 9.11. The van der Waals surface area contributed by atoms with Crippen LogP contribution in [0.15, 0.2) is 62.4 Å². The Balaban J connectivity index is 1.65. The number of sulfonamides is 1. The molecule has 162 valence electrons. The van der Waals surface area contributed by atoms with Crippen LogP contribution in [0.3, 0.4) is 0 Å². The number of carbonyl (C=O) groups excluding carboxylic acids is 1. The number of aromatic nitrogens is 1. The Morgan fingerprint density at radius 3 is 2.45 bits per heavy atom. The molecule has 0 spiro atoms. The third kappa shape index (κ3) is 5.53. The molecule has 0 saturated carbocycles. The number of nitrogens with zero attached hydrogens (tertiary/aromatic N) is 1. The van der Waals surface area contributed by atoms with Crippen LogP contribution in [0.25, 0.3) is 6.08 Å². The Morgan fingerprint density at radius 1 is 1.16 bits per heavy atom. The van der Waals surface area contributed by atoms with Gasteiger partial charge in [-0.05, 0) is 77.8 Å². The summed E-state index contributed by atoms with van der Waals surface area (Å²) in [6.45, 7) is 3.43. The lowest BCUT2D eigenvalue weighted by atomic mass is 10.2. The van der Waals surface area contributed by atoms with Gasteiger partial charge in [-0.25, -0.2) is 13.1 Å². The van der Waals surface area contributed by atoms with E-state index >= 15 is 0 Å². The summed E-state index contributed by atoms with van der Waals surface area (Å²) in [5, 5.41) is 6.41. The molecular formula is C21H20BrN3O5S. The van der Waals surface area contributed by atoms with Crippen molar-refractivity contribution < 1.29 is 22.5 Å². The van der Waals surface area contributed by atoms with Crippen molar-refractivity contribution in [2.45, 2.75) is 18.7 Å². The smallest absolute Gasteiger partial charge is 0.264 e. The highest BCUT2D eigenvalue weighted by Crippen LogP contribution is 2.26. The van der Waals surface area contributed by atoms with E-state index in [2.05, 4.69) is 31.1 Å². The number of methoxy groups -OCH3 is 1. The van der Waals surface area contributed by atoms with Crippen LogP contribution in [0.2, 0.25) is 0 Å². The summed E-state index contributed by atoms with van der Waals surface area (Å²) in [6, 6.07) is 11.2. The first-order valence-electron chi connectivity index (χ1n) is 9.08. The number of rotatable bonds is 7. The molecule has 0 aliphatic carbocycles. The third-order valence-electron chi connectivity index (χ3n) is 4.42. The summed E-state index contributed by atoms with van der Waals surface area (Å²) in [7, 11) is -2.27. The number of amides is 1. The lowest BCUT2D eigenvalue weighted by molar-refractivity contribution is -0.111. The molecule has 1 amide bonds. The summed E-state index contributed by atoms with van der Waals surface area (Å²) in [5.74, 6) is 0.415. The molecule has 1 aromatic heterocycles. The standard InChI is InChI=1S/C21H20BrN3O5S/c1-13-14(2)24-30-21(13)25-31(27,28)17-8-6-16(7-9-17)23-20(26)11-5-15-4-10-19(29-3)18(22)12-15/h4-12,25H,1-3H3,(H,23,26)/b11-5+. The molecule has 8 nitrogen and oxygen atoms in total. The van der Waals surface area contributed by atoms with Crippen LogP contribution in [-0.4, -0.2) is 26.6 Å². The fourth-order valence-corrected chi connectivity index (χ4v) is 4.16. The van der Waals surface area contributed by atoms with E-state index in [1.807, 2.05) is 12.1 Å². The largest absolute Gasteiger partial charge is 0.496 e. The van der Waals surface area contributed by atoms with Gasteiger partial charge < -0.3 is 14.6 Å². The number of benzene rings is 2. The van der Waals surface area contributed by atoms with Crippen molar-refractivity contribution in [2.24, 2.45) is 0 Å². The number of aryl methyl sites for hydroxylation is 1. The Morgan fingerprint density at radius 2 is 1.87 bits per heavy atom. The van der Waals surface area contributed by atoms with Gasteiger partial charge in [0.05, 0.1) is 22.2 Å². The zero-order chi connectivity index (χ0) is 22.6. The van der Waals surface area contributed by atoms with E-state index in [0.717, 1.165) is 10.0 Å². The molecular weight excluding hydrogens is 486 g/mol. The van der Waals surface area contributed by atoms with Crippen molar-refractivity contribution >= 4 is 49.5 Å². The first kappa shape index (κ1) is 22.6. The summed E-state index contributed by atoms with van der Waals surface area (Å²) in [5.41, 5.74) is 2.48. The average Bonchev–Trinajstić information content (AvgIpc) is 3.04. The predicted molar refractivity (Wildman–Crippen MR) is 122 cm³/mol. The number of hydrogen-bond acceptors (Lipinski definition) is 6. The lowest BCUT2D eigenvalue weighted by Gasteiger charge is -2.07. The number of carbonyl (C=O) groups is 1. The molecule has 0 unspecified atom stereocenters. The van der Waals surface area contributed by atoms with Crippen LogP contribution >= 0.6 is 15.9 Å². The number of nitrogens with one attached hydrogen (secondary N) is 2. The molecule has 31 heavy (non-hydrogen) atoms. The first-order chi connectivity index (χ1) is 14.7. The number of anilines is 2. The first-order valence-corrected chi connectivity index (χ1v) is 11.4. The molecule has 3 aromatic rings. The van der Waals surface area contributed by atoms with Crippen LogP contribution in [0.1, 0.15) is 16.8 Å². The van der Waals surface area contributed by atoms with Crippen molar-refractivity contribution in [2.75, 3.05) is 17.1 Å². The van der Waals surface area contributed by atoms with Gasteiger partial charge in [0.15, 0.2) is 0 Å². The zero-order valence-electron chi connectivity index (χ0n) is 17.0. The average molecular weight is 506 g/mol. The van der Waals surface area contributed by atoms with Gasteiger partial charge in [-0.3, -0.25) is 4.79 Å². The van der Waals surface area contributed by atoms with Gasteiger partial charge in [-0.2, -0.15) is 0 Å². The summed E-state index contributed by atoms with van der Waals surface area (Å²) >= 11 is 3.39. The molecule has 0 bridgehead atoms. The van der Waals surface area contributed by atoms with Crippen LogP contribution in [0.5, 0.6) is 5.75 Å². The Bertz CT molecular complexity index is 1230. The molecule has 0 saturated heterocycles. The van der Waals surface area contributed by atoms with Gasteiger partial charge in [0, 0.05) is 17.3 Å². The maximum absolute atomic E-state index is 12.5. The highest BCUT2D eigenvalue weighted by Gasteiger charge is 2.19. The van der Waals surface area contributed by atoms with Crippen LogP contribution in [-0.2, 0) is 14.8 Å². The summed E-state index contributed by atoms with van der Waals surface area (Å²) < 4.78 is 38.4. The fraction of sp³-hybridized carbons (Fsp3) is 0.143. The van der Waals surface area contributed by atoms with E-state index in [9.17, 15) is 13.2 Å². The maximum Gasteiger partial charge on any atom is 0.264 e. The van der Waals surface area contributed by atoms with Crippen molar-refractivity contribution in [1.29, 1.82) is 0 Å². The molecule has 0 aliphatic rings. The van der Waals surface area contributed by atoms with Gasteiger partial charge in [-0.15, -0.1) is 0 Å². The molecule has 0 atom stereocenters. The molecule has 0 radical (unpaired) electrons. The van der Waals surface area contributed by atoms with Crippen LogP contribution in [0, 0.1) is 13.8 Å². The van der Waals surface area contributed by atoms with Crippen molar-refractivity contribution in [3.63, 3.8) is 0 Å². The molecule has 2 aromatic carbocycles. The Kier molecular flexibility index (Phi) is 6.81. The van der Waals surface area contributed by atoms with Crippen molar-refractivity contribution in [3.05, 3.63) is 69.8 Å².